The summed E-state index contributed by atoms with van der Waals surface area (Å²) in [6, 6.07) is 2.92. The van der Waals surface area contributed by atoms with Gasteiger partial charge in [0.15, 0.2) is 0 Å². The Balaban J connectivity index is 2.40. The number of aromatic nitrogens is 3. The molecule has 0 aliphatic heterocycles. The van der Waals surface area contributed by atoms with Gasteiger partial charge < -0.3 is 5.73 Å². The molecule has 7 nitrogen and oxygen atoms in total. The number of sulfonamides is 1. The number of nitrogens with zero attached hydrogens (tertiary/aromatic N) is 2. The van der Waals surface area contributed by atoms with Crippen LogP contribution >= 0.6 is 0 Å². The molecule has 0 spiro atoms. The third-order valence-corrected chi connectivity index (χ3v) is 3.06. The summed E-state index contributed by atoms with van der Waals surface area (Å²) in [6.45, 7) is 0. The van der Waals surface area contributed by atoms with Crippen LogP contribution in [0.5, 0.6) is 0 Å². The van der Waals surface area contributed by atoms with Crippen molar-refractivity contribution >= 4 is 21.7 Å². The molecule has 0 atom stereocenters. The fourth-order valence-corrected chi connectivity index (χ4v) is 2.09. The Labute approximate surface area is 100 Å². The zero-order chi connectivity index (χ0) is 13.3. The standard InChI is InChI=1S/C8H7F2N5O2S/c9-4-2-1-3-5(10)6(4)15-18(16,17)8-12-7(11)13-14-8/h1-3,15H,(H3,11,12,13,14). The summed E-state index contributed by atoms with van der Waals surface area (Å²) in [5.41, 5.74) is 4.35. The third kappa shape index (κ3) is 2.22. The second-order valence-corrected chi connectivity index (χ2v) is 4.78. The van der Waals surface area contributed by atoms with Gasteiger partial charge in [0.05, 0.1) is 0 Å². The van der Waals surface area contributed by atoms with Crippen molar-refractivity contribution in [3.05, 3.63) is 29.8 Å². The summed E-state index contributed by atoms with van der Waals surface area (Å²) in [5, 5.41) is 4.68. The summed E-state index contributed by atoms with van der Waals surface area (Å²) in [5.74, 6) is -2.34. The number of hydrogen-bond acceptors (Lipinski definition) is 5. The molecule has 4 N–H and O–H groups in total. The lowest BCUT2D eigenvalue weighted by Crippen LogP contribution is -2.16. The first kappa shape index (κ1) is 12.2. The van der Waals surface area contributed by atoms with Gasteiger partial charge >= 0.3 is 0 Å². The normalized spacial score (nSPS) is 11.4. The van der Waals surface area contributed by atoms with Gasteiger partial charge in [0.1, 0.15) is 17.3 Å². The first-order chi connectivity index (χ1) is 8.40. The van der Waals surface area contributed by atoms with E-state index in [9.17, 15) is 17.2 Å². The molecule has 1 heterocycles. The highest BCUT2D eigenvalue weighted by Gasteiger charge is 2.23. The Morgan fingerprint density at radius 2 is 1.89 bits per heavy atom. The van der Waals surface area contributed by atoms with E-state index in [0.717, 1.165) is 18.2 Å². The van der Waals surface area contributed by atoms with Gasteiger partial charge in [-0.15, -0.1) is 5.10 Å². The average molecular weight is 275 g/mol. The summed E-state index contributed by atoms with van der Waals surface area (Å²) in [4.78, 5) is 3.35. The molecule has 0 fully saturated rings. The van der Waals surface area contributed by atoms with E-state index in [2.05, 4.69) is 15.2 Å². The van der Waals surface area contributed by atoms with Gasteiger partial charge in [-0.25, -0.2) is 13.9 Å². The second-order valence-electron chi connectivity index (χ2n) is 3.21. The van der Waals surface area contributed by atoms with E-state index >= 15 is 0 Å². The Hall–Kier alpha value is -2.23. The molecule has 0 amide bonds. The number of nitrogen functional groups attached to an aromatic ring is 1. The molecule has 0 aliphatic rings. The summed E-state index contributed by atoms with van der Waals surface area (Å²) in [6.07, 6.45) is 0. The molecule has 18 heavy (non-hydrogen) atoms. The average Bonchev–Trinajstić information content (AvgIpc) is 2.71. The summed E-state index contributed by atoms with van der Waals surface area (Å²) < 4.78 is 51.6. The van der Waals surface area contributed by atoms with Gasteiger partial charge in [-0.2, -0.15) is 13.4 Å². The molecule has 0 aliphatic carbocycles. The minimum atomic E-state index is -4.30. The smallest absolute Gasteiger partial charge is 0.299 e. The topological polar surface area (TPSA) is 114 Å². The molecule has 2 rings (SSSR count). The first-order valence-electron chi connectivity index (χ1n) is 4.55. The number of H-pyrrole nitrogens is 1. The molecule has 0 unspecified atom stereocenters. The first-order valence-corrected chi connectivity index (χ1v) is 6.03. The van der Waals surface area contributed by atoms with Gasteiger partial charge in [0.25, 0.3) is 15.2 Å². The van der Waals surface area contributed by atoms with Crippen molar-refractivity contribution in [3.8, 4) is 0 Å². The molecule has 1 aromatic carbocycles. The Morgan fingerprint density at radius 1 is 1.28 bits per heavy atom. The van der Waals surface area contributed by atoms with Crippen LogP contribution in [0.15, 0.2) is 23.4 Å². The monoisotopic (exact) mass is 275 g/mol. The fourth-order valence-electron chi connectivity index (χ4n) is 1.15. The maximum atomic E-state index is 13.3. The van der Waals surface area contributed by atoms with Gasteiger partial charge in [-0.3, -0.25) is 4.72 Å². The zero-order valence-corrected chi connectivity index (χ0v) is 9.50. The molecule has 1 aromatic heterocycles. The van der Waals surface area contributed by atoms with Crippen molar-refractivity contribution in [2.45, 2.75) is 5.16 Å². The highest BCUT2D eigenvalue weighted by Crippen LogP contribution is 2.20. The number of halogens is 2. The molecular weight excluding hydrogens is 268 g/mol. The van der Waals surface area contributed by atoms with Gasteiger partial charge in [0.2, 0.25) is 5.95 Å². The Morgan fingerprint density at radius 3 is 2.39 bits per heavy atom. The SMILES string of the molecule is Nc1nc(S(=O)(=O)Nc2c(F)cccc2F)n[nH]1. The van der Waals surface area contributed by atoms with E-state index in [4.69, 9.17) is 5.73 Å². The molecular formula is C8H7F2N5O2S. The van der Waals surface area contributed by atoms with Crippen LogP contribution in [0.4, 0.5) is 20.4 Å². The Kier molecular flexibility index (Phi) is 2.87. The van der Waals surface area contributed by atoms with E-state index in [-0.39, 0.29) is 5.95 Å². The molecule has 0 radical (unpaired) electrons. The van der Waals surface area contributed by atoms with Crippen LogP contribution in [0.1, 0.15) is 0 Å². The molecule has 2 aromatic rings. The quantitative estimate of drug-likeness (QED) is 0.753. The molecule has 0 saturated heterocycles. The lowest BCUT2D eigenvalue weighted by atomic mass is 10.3. The highest BCUT2D eigenvalue weighted by atomic mass is 32.2. The van der Waals surface area contributed by atoms with Crippen molar-refractivity contribution < 1.29 is 17.2 Å². The van der Waals surface area contributed by atoms with Crippen molar-refractivity contribution in [1.29, 1.82) is 0 Å². The molecule has 0 bridgehead atoms. The number of benzene rings is 1. The second kappa shape index (κ2) is 4.22. The van der Waals surface area contributed by atoms with Crippen molar-refractivity contribution in [3.63, 3.8) is 0 Å². The largest absolute Gasteiger partial charge is 0.368 e. The number of nitrogens with one attached hydrogen (secondary N) is 2. The third-order valence-electron chi connectivity index (χ3n) is 1.92. The Bertz CT molecular complexity index is 664. The fraction of sp³-hybridized carbons (Fsp3) is 0. The molecule has 10 heteroatoms. The lowest BCUT2D eigenvalue weighted by Gasteiger charge is -2.06. The number of aromatic amines is 1. The number of rotatable bonds is 3. The number of hydrogen-bond donors (Lipinski definition) is 3. The predicted molar refractivity (Wildman–Crippen MR) is 58.0 cm³/mol. The van der Waals surface area contributed by atoms with Crippen LogP contribution in [-0.4, -0.2) is 23.6 Å². The summed E-state index contributed by atoms with van der Waals surface area (Å²) in [7, 11) is -4.30. The molecule has 96 valence electrons. The maximum Gasteiger partial charge on any atom is 0.299 e. The molecule has 0 saturated carbocycles. The number of nitrogens with two attached hydrogens (primary N) is 1. The van der Waals surface area contributed by atoms with Crippen molar-refractivity contribution in [2.75, 3.05) is 10.5 Å². The minimum Gasteiger partial charge on any atom is -0.368 e. The van der Waals surface area contributed by atoms with Crippen LogP contribution in [0.2, 0.25) is 0 Å². The van der Waals surface area contributed by atoms with E-state index in [1.54, 1.807) is 4.72 Å². The van der Waals surface area contributed by atoms with E-state index in [1.807, 2.05) is 0 Å². The van der Waals surface area contributed by atoms with Crippen molar-refractivity contribution in [1.82, 2.24) is 15.2 Å². The van der Waals surface area contributed by atoms with E-state index < -0.39 is 32.5 Å². The van der Waals surface area contributed by atoms with Gasteiger partial charge in [-0.05, 0) is 12.1 Å². The summed E-state index contributed by atoms with van der Waals surface area (Å²) >= 11 is 0. The minimum absolute atomic E-state index is 0.232. The van der Waals surface area contributed by atoms with Gasteiger partial charge in [-0.1, -0.05) is 6.07 Å². The van der Waals surface area contributed by atoms with Crippen LogP contribution in [0.3, 0.4) is 0 Å². The maximum absolute atomic E-state index is 13.3. The predicted octanol–water partition coefficient (Wildman–Crippen LogP) is 0.466. The number of anilines is 2. The van der Waals surface area contributed by atoms with E-state index in [1.165, 1.54) is 0 Å². The van der Waals surface area contributed by atoms with Gasteiger partial charge in [0, 0.05) is 0 Å². The zero-order valence-electron chi connectivity index (χ0n) is 8.68. The highest BCUT2D eigenvalue weighted by molar-refractivity contribution is 7.92. The number of para-hydroxylation sites is 1. The van der Waals surface area contributed by atoms with Crippen LogP contribution in [0.25, 0.3) is 0 Å². The van der Waals surface area contributed by atoms with Crippen LogP contribution < -0.4 is 10.5 Å². The van der Waals surface area contributed by atoms with Crippen LogP contribution in [0, 0.1) is 11.6 Å². The van der Waals surface area contributed by atoms with Crippen molar-refractivity contribution in [2.24, 2.45) is 0 Å². The van der Waals surface area contributed by atoms with Crippen LogP contribution in [-0.2, 0) is 10.0 Å². The lowest BCUT2D eigenvalue weighted by molar-refractivity contribution is 0.579. The van der Waals surface area contributed by atoms with E-state index in [0.29, 0.717) is 0 Å².